The molecule has 192 valence electrons. The minimum Gasteiger partial charge on any atom is -0.432 e. The maximum absolute atomic E-state index is 14.3. The molecule has 0 aromatic heterocycles. The molecule has 5 atom stereocenters. The quantitative estimate of drug-likeness (QED) is 0.568. The second-order valence-corrected chi connectivity index (χ2v) is 15.2. The number of nitrogens with zero attached hydrogens (tertiary/aromatic N) is 2. The highest BCUT2D eigenvalue weighted by molar-refractivity contribution is 6.71. The number of aliphatic hydroxyl groups excluding tert-OH is 1. The molecule has 2 aromatic carbocycles. The number of likely N-dealkylation sites (tertiary alicyclic amines) is 1. The first-order valence-electron chi connectivity index (χ1n) is 12.6. The standard InChI is InChI=1S/C27H33ClN2O5Si/c1-17-25(36(2,3)34)23(15-24(32)29-13-7-10-20(29)16-31)35-27(17)21-14-18(28)11-12-22(21)30(26(27)33)19-8-5-4-6-9-19/h4-6,8-9,11-12,14,17,20,23,25,31,34H,7,10,13,15-16H2,1-3H3/t17-,20+,23+,25-,27+/m1/s1. The number of hydrogen-bond donors (Lipinski definition) is 2. The first-order valence-corrected chi connectivity index (χ1v) is 16.0. The van der Waals surface area contributed by atoms with Gasteiger partial charge in [-0.2, -0.15) is 0 Å². The highest BCUT2D eigenvalue weighted by Crippen LogP contribution is 2.61. The van der Waals surface area contributed by atoms with E-state index in [1.165, 1.54) is 0 Å². The Kier molecular flexibility index (Phi) is 6.54. The zero-order valence-electron chi connectivity index (χ0n) is 20.9. The van der Waals surface area contributed by atoms with Gasteiger partial charge < -0.3 is 19.5 Å². The molecule has 1 spiro atoms. The summed E-state index contributed by atoms with van der Waals surface area (Å²) in [7, 11) is -2.89. The fourth-order valence-corrected chi connectivity index (χ4v) is 9.38. The summed E-state index contributed by atoms with van der Waals surface area (Å²) in [6.45, 7) is 6.16. The van der Waals surface area contributed by atoms with Crippen molar-refractivity contribution >= 4 is 43.1 Å². The molecule has 0 aliphatic carbocycles. The lowest BCUT2D eigenvalue weighted by Gasteiger charge is -2.32. The van der Waals surface area contributed by atoms with Crippen LogP contribution >= 0.6 is 11.6 Å². The van der Waals surface area contributed by atoms with E-state index in [1.54, 1.807) is 21.9 Å². The van der Waals surface area contributed by atoms with Crippen molar-refractivity contribution in [1.29, 1.82) is 0 Å². The van der Waals surface area contributed by atoms with E-state index in [0.717, 1.165) is 18.5 Å². The minimum atomic E-state index is -2.89. The molecule has 2 saturated heterocycles. The second kappa shape index (κ2) is 9.26. The van der Waals surface area contributed by atoms with E-state index in [4.69, 9.17) is 16.3 Å². The van der Waals surface area contributed by atoms with Crippen LogP contribution in [0.5, 0.6) is 0 Å². The van der Waals surface area contributed by atoms with E-state index in [-0.39, 0.29) is 42.3 Å². The predicted octanol–water partition coefficient (Wildman–Crippen LogP) is 4.19. The molecule has 7 nitrogen and oxygen atoms in total. The maximum atomic E-state index is 14.3. The second-order valence-electron chi connectivity index (χ2n) is 10.8. The first kappa shape index (κ1) is 25.4. The van der Waals surface area contributed by atoms with Crippen LogP contribution in [0.3, 0.4) is 0 Å². The van der Waals surface area contributed by atoms with Gasteiger partial charge >= 0.3 is 0 Å². The fraction of sp³-hybridized carbons (Fsp3) is 0.481. The summed E-state index contributed by atoms with van der Waals surface area (Å²) in [6.07, 6.45) is 1.04. The Morgan fingerprint density at radius 2 is 1.94 bits per heavy atom. The Labute approximate surface area is 217 Å². The summed E-state index contributed by atoms with van der Waals surface area (Å²) >= 11 is 6.43. The predicted molar refractivity (Wildman–Crippen MR) is 141 cm³/mol. The summed E-state index contributed by atoms with van der Waals surface area (Å²) in [5.74, 6) is -0.723. The average molecular weight is 529 g/mol. The SMILES string of the molecule is C[C@@H]1[C@@H]([Si](C)(C)O)[C@H](CC(=O)N2CCC[C@H]2CO)O[C@@]12C(=O)N(c1ccccc1)c1ccc(Cl)cc12. The zero-order chi connectivity index (χ0) is 25.8. The van der Waals surface area contributed by atoms with E-state index in [9.17, 15) is 19.5 Å². The van der Waals surface area contributed by atoms with Gasteiger partial charge in [0.25, 0.3) is 5.91 Å². The number of ether oxygens (including phenoxy) is 1. The lowest BCUT2D eigenvalue weighted by Crippen LogP contribution is -2.45. The van der Waals surface area contributed by atoms with Crippen molar-refractivity contribution in [3.63, 3.8) is 0 Å². The molecule has 36 heavy (non-hydrogen) atoms. The number of benzene rings is 2. The molecule has 0 bridgehead atoms. The van der Waals surface area contributed by atoms with Crippen LogP contribution in [-0.4, -0.2) is 60.2 Å². The molecular formula is C27H33ClN2O5Si. The van der Waals surface area contributed by atoms with Crippen molar-refractivity contribution in [3.8, 4) is 0 Å². The molecule has 5 rings (SSSR count). The van der Waals surface area contributed by atoms with Gasteiger partial charge in [0.15, 0.2) is 13.9 Å². The monoisotopic (exact) mass is 528 g/mol. The van der Waals surface area contributed by atoms with Gasteiger partial charge in [-0.3, -0.25) is 14.5 Å². The number of fused-ring (bicyclic) bond motifs is 2. The van der Waals surface area contributed by atoms with Crippen molar-refractivity contribution in [2.24, 2.45) is 5.92 Å². The minimum absolute atomic E-state index is 0.0543. The topological polar surface area (TPSA) is 90.3 Å². The highest BCUT2D eigenvalue weighted by Gasteiger charge is 2.66. The molecule has 2 fully saturated rings. The van der Waals surface area contributed by atoms with E-state index in [0.29, 0.717) is 22.8 Å². The molecule has 2 amide bonds. The summed E-state index contributed by atoms with van der Waals surface area (Å²) in [5, 5.41) is 10.2. The Morgan fingerprint density at radius 3 is 2.61 bits per heavy atom. The number of aliphatic hydroxyl groups is 1. The molecule has 9 heteroatoms. The Bertz CT molecular complexity index is 1170. The Balaban J connectivity index is 1.58. The van der Waals surface area contributed by atoms with Gasteiger partial charge in [0.2, 0.25) is 5.91 Å². The number of para-hydroxylation sites is 1. The first-order chi connectivity index (χ1) is 17.1. The summed E-state index contributed by atoms with van der Waals surface area (Å²) < 4.78 is 6.72. The van der Waals surface area contributed by atoms with Gasteiger partial charge in [0.05, 0.1) is 30.9 Å². The number of carbonyl (C=O) groups excluding carboxylic acids is 2. The van der Waals surface area contributed by atoms with Crippen LogP contribution in [0.2, 0.25) is 23.7 Å². The van der Waals surface area contributed by atoms with Gasteiger partial charge in [0.1, 0.15) is 0 Å². The van der Waals surface area contributed by atoms with Gasteiger partial charge in [-0.1, -0.05) is 36.7 Å². The zero-order valence-corrected chi connectivity index (χ0v) is 22.6. The van der Waals surface area contributed by atoms with Crippen LogP contribution in [0.4, 0.5) is 11.4 Å². The van der Waals surface area contributed by atoms with Crippen LogP contribution in [0, 0.1) is 5.92 Å². The van der Waals surface area contributed by atoms with E-state index < -0.39 is 20.0 Å². The lowest BCUT2D eigenvalue weighted by molar-refractivity contribution is -0.149. The smallest absolute Gasteiger partial charge is 0.268 e. The summed E-state index contributed by atoms with van der Waals surface area (Å²) in [4.78, 5) is 42.5. The molecular weight excluding hydrogens is 496 g/mol. The van der Waals surface area contributed by atoms with E-state index in [2.05, 4.69) is 0 Å². The van der Waals surface area contributed by atoms with E-state index in [1.807, 2.05) is 56.4 Å². The van der Waals surface area contributed by atoms with Gasteiger partial charge in [-0.15, -0.1) is 0 Å². The van der Waals surface area contributed by atoms with Crippen molar-refractivity contribution in [2.75, 3.05) is 18.1 Å². The number of amides is 2. The van der Waals surface area contributed by atoms with Crippen molar-refractivity contribution in [2.45, 2.75) is 62.6 Å². The Morgan fingerprint density at radius 1 is 1.22 bits per heavy atom. The van der Waals surface area contributed by atoms with Gasteiger partial charge in [0, 0.05) is 34.3 Å². The highest BCUT2D eigenvalue weighted by atomic mass is 35.5. The van der Waals surface area contributed by atoms with Crippen LogP contribution < -0.4 is 4.90 Å². The van der Waals surface area contributed by atoms with Crippen molar-refractivity contribution in [1.82, 2.24) is 4.90 Å². The number of carbonyl (C=O) groups is 2. The number of anilines is 2. The largest absolute Gasteiger partial charge is 0.432 e. The average Bonchev–Trinajstić information content (AvgIpc) is 3.49. The molecule has 2 aromatic rings. The van der Waals surface area contributed by atoms with Crippen molar-refractivity contribution in [3.05, 3.63) is 59.1 Å². The third kappa shape index (κ3) is 3.90. The Hall–Kier alpha value is -2.23. The molecule has 3 aliphatic rings. The van der Waals surface area contributed by atoms with Crippen LogP contribution in [0.25, 0.3) is 0 Å². The maximum Gasteiger partial charge on any atom is 0.268 e. The van der Waals surface area contributed by atoms with Crippen molar-refractivity contribution < 1.29 is 24.2 Å². The molecule has 3 aliphatic heterocycles. The van der Waals surface area contributed by atoms with Crippen LogP contribution in [-0.2, 0) is 19.9 Å². The molecule has 0 saturated carbocycles. The summed E-state index contributed by atoms with van der Waals surface area (Å²) in [6, 6.07) is 14.6. The molecule has 2 N–H and O–H groups in total. The third-order valence-corrected chi connectivity index (χ3v) is 10.9. The van der Waals surface area contributed by atoms with Gasteiger partial charge in [-0.25, -0.2) is 0 Å². The molecule has 0 unspecified atom stereocenters. The molecule has 0 radical (unpaired) electrons. The third-order valence-electron chi connectivity index (χ3n) is 8.15. The van der Waals surface area contributed by atoms with Gasteiger partial charge in [-0.05, 0) is 56.3 Å². The lowest BCUT2D eigenvalue weighted by atomic mass is 9.82. The fourth-order valence-electron chi connectivity index (χ4n) is 6.65. The van der Waals surface area contributed by atoms with E-state index >= 15 is 0 Å². The number of halogens is 1. The number of hydrogen-bond acceptors (Lipinski definition) is 5. The molecule has 3 heterocycles. The van der Waals surface area contributed by atoms with Crippen LogP contribution in [0.1, 0.15) is 31.7 Å². The van der Waals surface area contributed by atoms with Crippen LogP contribution in [0.15, 0.2) is 48.5 Å². The summed E-state index contributed by atoms with van der Waals surface area (Å²) in [5.41, 5.74) is 0.371. The normalized spacial score (nSPS) is 29.9. The number of rotatable bonds is 5.